The van der Waals surface area contributed by atoms with Crippen molar-refractivity contribution in [3.8, 4) is 0 Å². The molecule has 0 atom stereocenters. The third kappa shape index (κ3) is 3.43. The third-order valence-corrected chi connectivity index (χ3v) is 3.51. The monoisotopic (exact) mass is 251 g/mol. The molecule has 0 saturated heterocycles. The first-order chi connectivity index (χ1) is 8.29. The van der Waals surface area contributed by atoms with Gasteiger partial charge in [0.2, 0.25) is 0 Å². The molecule has 0 aromatic carbocycles. The van der Waals surface area contributed by atoms with E-state index in [1.807, 2.05) is 13.0 Å². The highest BCUT2D eigenvalue weighted by atomic mass is 32.1. The Morgan fingerprint density at radius 1 is 1.47 bits per heavy atom. The van der Waals surface area contributed by atoms with Gasteiger partial charge in [0.25, 0.3) is 0 Å². The van der Waals surface area contributed by atoms with Crippen molar-refractivity contribution < 1.29 is 9.15 Å². The summed E-state index contributed by atoms with van der Waals surface area (Å²) in [5.41, 5.74) is 6.65. The Balaban J connectivity index is 1.74. The van der Waals surface area contributed by atoms with Gasteiger partial charge in [-0.2, -0.15) is 0 Å². The van der Waals surface area contributed by atoms with Crippen LogP contribution in [-0.2, 0) is 24.3 Å². The lowest BCUT2D eigenvalue weighted by Gasteiger charge is -2.00. The summed E-state index contributed by atoms with van der Waals surface area (Å²) < 4.78 is 11.1. The first-order valence-corrected chi connectivity index (χ1v) is 6.56. The van der Waals surface area contributed by atoms with Crippen molar-refractivity contribution in [3.05, 3.63) is 45.5 Å². The normalized spacial score (nSPS) is 10.9. The first-order valence-electron chi connectivity index (χ1n) is 5.68. The summed E-state index contributed by atoms with van der Waals surface area (Å²) >= 11 is 1.76. The van der Waals surface area contributed by atoms with E-state index >= 15 is 0 Å². The van der Waals surface area contributed by atoms with Crippen molar-refractivity contribution in [2.24, 2.45) is 5.73 Å². The molecule has 0 spiro atoms. The van der Waals surface area contributed by atoms with Gasteiger partial charge < -0.3 is 14.9 Å². The molecule has 4 heteroatoms. The largest absolute Gasteiger partial charge is 0.462 e. The molecule has 2 heterocycles. The molecule has 2 rings (SSSR count). The summed E-state index contributed by atoms with van der Waals surface area (Å²) in [6.45, 7) is 3.69. The summed E-state index contributed by atoms with van der Waals surface area (Å²) in [5.74, 6) is 1.70. The van der Waals surface area contributed by atoms with E-state index in [1.54, 1.807) is 11.3 Å². The Kier molecular flexibility index (Phi) is 4.36. The lowest BCUT2D eigenvalue weighted by atomic mass is 10.3. The molecular formula is C13H17NO2S. The van der Waals surface area contributed by atoms with Crippen molar-refractivity contribution in [1.82, 2.24) is 0 Å². The fourth-order valence-corrected chi connectivity index (χ4v) is 2.35. The molecule has 2 N–H and O–H groups in total. The van der Waals surface area contributed by atoms with Crippen LogP contribution in [0.25, 0.3) is 0 Å². The lowest BCUT2D eigenvalue weighted by Crippen LogP contribution is -1.97. The smallest absolute Gasteiger partial charge is 0.130 e. The molecule has 0 aliphatic heterocycles. The molecule has 0 amide bonds. The predicted octanol–water partition coefficient (Wildman–Crippen LogP) is 2.87. The van der Waals surface area contributed by atoms with Crippen molar-refractivity contribution >= 4 is 11.3 Å². The van der Waals surface area contributed by atoms with Gasteiger partial charge in [0.15, 0.2) is 0 Å². The molecule has 0 aliphatic carbocycles. The van der Waals surface area contributed by atoms with E-state index in [-0.39, 0.29) is 0 Å². The lowest BCUT2D eigenvalue weighted by molar-refractivity contribution is 0.108. The van der Waals surface area contributed by atoms with Gasteiger partial charge in [-0.25, -0.2) is 0 Å². The van der Waals surface area contributed by atoms with Crippen molar-refractivity contribution in [2.75, 3.05) is 6.61 Å². The van der Waals surface area contributed by atoms with Gasteiger partial charge in [-0.05, 0) is 30.0 Å². The average molecular weight is 251 g/mol. The van der Waals surface area contributed by atoms with E-state index < -0.39 is 0 Å². The summed E-state index contributed by atoms with van der Waals surface area (Å²) in [6, 6.07) is 6.17. The minimum absolute atomic E-state index is 0.445. The average Bonchev–Trinajstić information content (AvgIpc) is 2.94. The van der Waals surface area contributed by atoms with Crippen LogP contribution in [-0.4, -0.2) is 6.61 Å². The number of rotatable bonds is 6. The molecule has 0 bridgehead atoms. The molecule has 0 saturated carbocycles. The predicted molar refractivity (Wildman–Crippen MR) is 69.0 cm³/mol. The van der Waals surface area contributed by atoms with Crippen molar-refractivity contribution in [2.45, 2.75) is 26.5 Å². The Labute approximate surface area is 105 Å². The number of furan rings is 1. The fourth-order valence-electron chi connectivity index (χ4n) is 1.66. The van der Waals surface area contributed by atoms with Crippen LogP contribution in [0, 0.1) is 6.92 Å². The van der Waals surface area contributed by atoms with E-state index in [1.165, 1.54) is 4.88 Å². The van der Waals surface area contributed by atoms with Gasteiger partial charge >= 0.3 is 0 Å². The Morgan fingerprint density at radius 3 is 3.00 bits per heavy atom. The highest BCUT2D eigenvalue weighted by Crippen LogP contribution is 2.15. The van der Waals surface area contributed by atoms with E-state index in [0.717, 1.165) is 30.1 Å². The Hall–Kier alpha value is -1.10. The molecule has 0 fully saturated rings. The maximum Gasteiger partial charge on any atom is 0.130 e. The molecule has 0 radical (unpaired) electrons. The zero-order chi connectivity index (χ0) is 12.1. The van der Waals surface area contributed by atoms with Gasteiger partial charge in [0.1, 0.15) is 18.1 Å². The minimum atomic E-state index is 0.445. The van der Waals surface area contributed by atoms with Gasteiger partial charge in [-0.3, -0.25) is 0 Å². The van der Waals surface area contributed by atoms with E-state index in [2.05, 4.69) is 17.5 Å². The summed E-state index contributed by atoms with van der Waals surface area (Å²) in [4.78, 5) is 1.35. The molecule has 92 valence electrons. The van der Waals surface area contributed by atoms with Crippen LogP contribution in [0.2, 0.25) is 0 Å². The molecule has 3 nitrogen and oxygen atoms in total. The van der Waals surface area contributed by atoms with Crippen LogP contribution < -0.4 is 5.73 Å². The number of ether oxygens (including phenoxy) is 1. The summed E-state index contributed by atoms with van der Waals surface area (Å²) in [5, 5.41) is 2.08. The second-order valence-corrected chi connectivity index (χ2v) is 4.94. The highest BCUT2D eigenvalue weighted by Gasteiger charge is 2.05. The van der Waals surface area contributed by atoms with E-state index in [0.29, 0.717) is 13.2 Å². The number of hydrogen-bond acceptors (Lipinski definition) is 4. The first kappa shape index (κ1) is 12.4. The van der Waals surface area contributed by atoms with Gasteiger partial charge in [-0.15, -0.1) is 11.3 Å². The second kappa shape index (κ2) is 6.00. The van der Waals surface area contributed by atoms with Crippen LogP contribution in [0.3, 0.4) is 0 Å². The van der Waals surface area contributed by atoms with Gasteiger partial charge in [-0.1, -0.05) is 6.07 Å². The molecule has 0 unspecified atom stereocenters. The molecule has 2 aromatic rings. The van der Waals surface area contributed by atoms with Crippen LogP contribution in [0.5, 0.6) is 0 Å². The van der Waals surface area contributed by atoms with E-state index in [9.17, 15) is 0 Å². The minimum Gasteiger partial charge on any atom is -0.462 e. The molecule has 17 heavy (non-hydrogen) atoms. The maximum absolute atomic E-state index is 5.58. The van der Waals surface area contributed by atoms with Crippen LogP contribution in [0.1, 0.15) is 22.0 Å². The molecule has 0 aliphatic rings. The fraction of sp³-hybridized carbons (Fsp3) is 0.385. The Morgan fingerprint density at radius 2 is 2.35 bits per heavy atom. The zero-order valence-electron chi connectivity index (χ0n) is 9.94. The molecular weight excluding hydrogens is 234 g/mol. The summed E-state index contributed by atoms with van der Waals surface area (Å²) in [7, 11) is 0. The highest BCUT2D eigenvalue weighted by molar-refractivity contribution is 7.09. The van der Waals surface area contributed by atoms with Crippen molar-refractivity contribution in [1.29, 1.82) is 0 Å². The number of thiophene rings is 1. The zero-order valence-corrected chi connectivity index (χ0v) is 10.8. The van der Waals surface area contributed by atoms with Crippen LogP contribution in [0.4, 0.5) is 0 Å². The topological polar surface area (TPSA) is 48.4 Å². The SMILES string of the molecule is Cc1cc(COCCc2cccs2)oc1CN. The standard InChI is InChI=1S/C13H17NO2S/c1-10-7-11(16-13(10)8-14)9-15-5-4-12-3-2-6-17-12/h2-3,6-7H,4-5,8-9,14H2,1H3. The number of hydrogen-bond donors (Lipinski definition) is 1. The Bertz CT molecular complexity index is 448. The van der Waals surface area contributed by atoms with Crippen LogP contribution >= 0.6 is 11.3 Å². The second-order valence-electron chi connectivity index (χ2n) is 3.90. The third-order valence-electron chi connectivity index (χ3n) is 2.57. The quantitative estimate of drug-likeness (QED) is 0.803. The van der Waals surface area contributed by atoms with Crippen molar-refractivity contribution in [3.63, 3.8) is 0 Å². The van der Waals surface area contributed by atoms with E-state index in [4.69, 9.17) is 14.9 Å². The number of nitrogens with two attached hydrogens (primary N) is 1. The maximum atomic E-state index is 5.58. The summed E-state index contributed by atoms with van der Waals surface area (Å²) in [6.07, 6.45) is 0.959. The van der Waals surface area contributed by atoms with Gasteiger partial charge in [0, 0.05) is 11.3 Å². The number of aryl methyl sites for hydroxylation is 1. The molecule has 2 aromatic heterocycles. The van der Waals surface area contributed by atoms with Gasteiger partial charge in [0.05, 0.1) is 13.2 Å². The van der Waals surface area contributed by atoms with Crippen LogP contribution in [0.15, 0.2) is 28.0 Å².